The summed E-state index contributed by atoms with van der Waals surface area (Å²) in [4.78, 5) is 4.57. The van der Waals surface area contributed by atoms with Gasteiger partial charge in [-0.2, -0.15) is 4.98 Å². The van der Waals surface area contributed by atoms with Crippen molar-refractivity contribution < 1.29 is 4.52 Å². The van der Waals surface area contributed by atoms with Gasteiger partial charge < -0.3 is 9.84 Å². The Labute approximate surface area is 118 Å². The summed E-state index contributed by atoms with van der Waals surface area (Å²) < 4.78 is 5.37. The molecule has 1 N–H and O–H groups in total. The molecule has 0 radical (unpaired) electrons. The highest BCUT2D eigenvalue weighted by Gasteiger charge is 2.27. The zero-order valence-electron chi connectivity index (χ0n) is 11.5. The average Bonchev–Trinajstić information content (AvgIpc) is 3.01. The molecule has 104 valence electrons. The molecule has 0 saturated heterocycles. The van der Waals surface area contributed by atoms with E-state index < -0.39 is 0 Å². The van der Waals surface area contributed by atoms with Gasteiger partial charge in [-0.1, -0.05) is 29.4 Å². The molecule has 2 aliphatic rings. The van der Waals surface area contributed by atoms with E-state index in [4.69, 9.17) is 4.52 Å². The van der Waals surface area contributed by atoms with E-state index in [-0.39, 0.29) is 0 Å². The fraction of sp³-hybridized carbons (Fsp3) is 0.500. The molecule has 2 aliphatic carbocycles. The summed E-state index contributed by atoms with van der Waals surface area (Å²) in [6, 6.07) is 8.59. The van der Waals surface area contributed by atoms with Gasteiger partial charge in [0.2, 0.25) is 5.89 Å². The van der Waals surface area contributed by atoms with Crippen LogP contribution < -0.4 is 5.32 Å². The predicted molar refractivity (Wildman–Crippen MR) is 75.3 cm³/mol. The minimum atomic E-state index is 0.312. The van der Waals surface area contributed by atoms with Crippen LogP contribution in [0.25, 0.3) is 0 Å². The van der Waals surface area contributed by atoms with Crippen molar-refractivity contribution in [2.75, 3.05) is 6.54 Å². The number of benzene rings is 1. The van der Waals surface area contributed by atoms with Gasteiger partial charge in [-0.15, -0.1) is 0 Å². The zero-order valence-corrected chi connectivity index (χ0v) is 11.5. The van der Waals surface area contributed by atoms with Crippen molar-refractivity contribution in [1.82, 2.24) is 15.5 Å². The van der Waals surface area contributed by atoms with Gasteiger partial charge >= 0.3 is 0 Å². The SMILES string of the molecule is c1ccc2c(c1)CCC2c1noc(CNCC2CC2)n1. The van der Waals surface area contributed by atoms with Gasteiger partial charge in [0, 0.05) is 5.92 Å². The van der Waals surface area contributed by atoms with Crippen LogP contribution in [0.5, 0.6) is 0 Å². The lowest BCUT2D eigenvalue weighted by Crippen LogP contribution is -2.16. The van der Waals surface area contributed by atoms with Gasteiger partial charge in [-0.05, 0) is 49.3 Å². The van der Waals surface area contributed by atoms with Crippen LogP contribution in [-0.4, -0.2) is 16.7 Å². The third-order valence-electron chi connectivity index (χ3n) is 4.33. The molecular weight excluding hydrogens is 250 g/mol. The van der Waals surface area contributed by atoms with E-state index in [0.717, 1.165) is 31.1 Å². The Bertz CT molecular complexity index is 603. The number of rotatable bonds is 5. The summed E-state index contributed by atoms with van der Waals surface area (Å²) in [5.41, 5.74) is 2.79. The van der Waals surface area contributed by atoms with Crippen LogP contribution in [0, 0.1) is 5.92 Å². The van der Waals surface area contributed by atoms with Crippen LogP contribution in [0.4, 0.5) is 0 Å². The molecule has 2 aromatic rings. The number of aromatic nitrogens is 2. The number of nitrogens with zero attached hydrogens (tertiary/aromatic N) is 2. The lowest BCUT2D eigenvalue weighted by atomic mass is 10.0. The molecule has 1 aromatic carbocycles. The van der Waals surface area contributed by atoms with Gasteiger partial charge in [0.1, 0.15) is 0 Å². The largest absolute Gasteiger partial charge is 0.338 e. The fourth-order valence-corrected chi connectivity index (χ4v) is 3.01. The number of hydrogen-bond donors (Lipinski definition) is 1. The van der Waals surface area contributed by atoms with Crippen molar-refractivity contribution in [1.29, 1.82) is 0 Å². The maximum atomic E-state index is 5.37. The first kappa shape index (κ1) is 12.1. The smallest absolute Gasteiger partial charge is 0.240 e. The van der Waals surface area contributed by atoms with E-state index in [1.54, 1.807) is 0 Å². The van der Waals surface area contributed by atoms with Crippen molar-refractivity contribution >= 4 is 0 Å². The second kappa shape index (κ2) is 5.02. The quantitative estimate of drug-likeness (QED) is 0.906. The van der Waals surface area contributed by atoms with E-state index in [1.165, 1.54) is 24.0 Å². The summed E-state index contributed by atoms with van der Waals surface area (Å²) in [5.74, 6) is 2.74. The Morgan fingerprint density at radius 3 is 3.00 bits per heavy atom. The van der Waals surface area contributed by atoms with Crippen LogP contribution >= 0.6 is 0 Å². The number of nitrogens with one attached hydrogen (secondary N) is 1. The van der Waals surface area contributed by atoms with Crippen molar-refractivity contribution in [3.63, 3.8) is 0 Å². The van der Waals surface area contributed by atoms with Crippen molar-refractivity contribution in [2.45, 2.75) is 38.1 Å². The Balaban J connectivity index is 1.45. The maximum absolute atomic E-state index is 5.37. The van der Waals surface area contributed by atoms with E-state index in [2.05, 4.69) is 39.7 Å². The van der Waals surface area contributed by atoms with Crippen molar-refractivity contribution in [2.24, 2.45) is 5.92 Å². The molecule has 1 atom stereocenters. The number of fused-ring (bicyclic) bond motifs is 1. The lowest BCUT2D eigenvalue weighted by molar-refractivity contribution is 0.360. The minimum absolute atomic E-state index is 0.312. The van der Waals surface area contributed by atoms with Gasteiger partial charge in [0.15, 0.2) is 5.82 Å². The molecule has 0 spiro atoms. The van der Waals surface area contributed by atoms with Gasteiger partial charge in [0.25, 0.3) is 0 Å². The molecule has 4 rings (SSSR count). The van der Waals surface area contributed by atoms with E-state index in [9.17, 15) is 0 Å². The lowest BCUT2D eigenvalue weighted by Gasteiger charge is -2.05. The molecule has 4 nitrogen and oxygen atoms in total. The molecule has 20 heavy (non-hydrogen) atoms. The Morgan fingerprint density at radius 1 is 1.20 bits per heavy atom. The molecule has 1 aromatic heterocycles. The van der Waals surface area contributed by atoms with Crippen molar-refractivity contribution in [3.8, 4) is 0 Å². The van der Waals surface area contributed by atoms with Crippen LogP contribution in [0.3, 0.4) is 0 Å². The highest BCUT2D eigenvalue weighted by atomic mass is 16.5. The fourth-order valence-electron chi connectivity index (χ4n) is 3.01. The summed E-state index contributed by atoms with van der Waals surface area (Å²) in [6.45, 7) is 1.77. The van der Waals surface area contributed by atoms with Crippen molar-refractivity contribution in [3.05, 3.63) is 47.1 Å². The zero-order chi connectivity index (χ0) is 13.4. The molecule has 1 heterocycles. The summed E-state index contributed by atoms with van der Waals surface area (Å²) in [7, 11) is 0. The highest BCUT2D eigenvalue weighted by Crippen LogP contribution is 2.36. The molecule has 0 aliphatic heterocycles. The number of hydrogen-bond acceptors (Lipinski definition) is 4. The highest BCUT2D eigenvalue weighted by molar-refractivity contribution is 5.38. The average molecular weight is 269 g/mol. The third-order valence-corrected chi connectivity index (χ3v) is 4.33. The Hall–Kier alpha value is -1.68. The molecule has 1 saturated carbocycles. The normalized spacial score (nSPS) is 21.1. The number of aryl methyl sites for hydroxylation is 1. The molecule has 0 bridgehead atoms. The standard InChI is InChI=1S/C16H19N3O/c1-2-4-13-12(3-1)7-8-14(13)16-18-15(20-19-16)10-17-9-11-5-6-11/h1-4,11,14,17H,5-10H2. The molecule has 0 amide bonds. The summed E-state index contributed by atoms with van der Waals surface area (Å²) >= 11 is 0. The van der Waals surface area contributed by atoms with E-state index >= 15 is 0 Å². The second-order valence-corrected chi connectivity index (χ2v) is 5.91. The molecular formula is C16H19N3O. The van der Waals surface area contributed by atoms with E-state index in [0.29, 0.717) is 18.4 Å². The summed E-state index contributed by atoms with van der Waals surface area (Å²) in [5, 5.41) is 7.57. The van der Waals surface area contributed by atoms with Crippen LogP contribution in [0.1, 0.15) is 48.0 Å². The molecule has 1 fully saturated rings. The Morgan fingerprint density at radius 2 is 2.10 bits per heavy atom. The predicted octanol–water partition coefficient (Wildman–Crippen LogP) is 2.65. The monoisotopic (exact) mass is 269 g/mol. The molecule has 4 heteroatoms. The topological polar surface area (TPSA) is 51.0 Å². The maximum Gasteiger partial charge on any atom is 0.240 e. The van der Waals surface area contributed by atoms with Gasteiger partial charge in [0.05, 0.1) is 6.54 Å². The second-order valence-electron chi connectivity index (χ2n) is 5.91. The van der Waals surface area contributed by atoms with Crippen LogP contribution in [-0.2, 0) is 13.0 Å². The summed E-state index contributed by atoms with van der Waals surface area (Å²) in [6.07, 6.45) is 4.93. The van der Waals surface area contributed by atoms with Gasteiger partial charge in [-0.3, -0.25) is 0 Å². The first-order valence-corrected chi connectivity index (χ1v) is 7.51. The van der Waals surface area contributed by atoms with Crippen LogP contribution in [0.2, 0.25) is 0 Å². The van der Waals surface area contributed by atoms with E-state index in [1.807, 2.05) is 0 Å². The first-order valence-electron chi connectivity index (χ1n) is 7.51. The third kappa shape index (κ3) is 2.36. The molecule has 1 unspecified atom stereocenters. The van der Waals surface area contributed by atoms with Crippen LogP contribution in [0.15, 0.2) is 28.8 Å². The Kier molecular flexibility index (Phi) is 3.03. The minimum Gasteiger partial charge on any atom is -0.338 e. The first-order chi connectivity index (χ1) is 9.90. The van der Waals surface area contributed by atoms with Gasteiger partial charge in [-0.25, -0.2) is 0 Å².